The fraction of sp³-hybridized carbons (Fsp3) is 0.625. The van der Waals surface area contributed by atoms with Crippen LogP contribution in [0.25, 0.3) is 0 Å². The largest absolute Gasteiger partial charge is 0.487 e. The summed E-state index contributed by atoms with van der Waals surface area (Å²) in [6.07, 6.45) is 1.74. The van der Waals surface area contributed by atoms with Gasteiger partial charge in [0.05, 0.1) is 18.0 Å². The maximum atomic E-state index is 12.9. The van der Waals surface area contributed by atoms with Crippen LogP contribution >= 0.6 is 11.6 Å². The fourth-order valence-corrected chi connectivity index (χ4v) is 4.60. The quantitative estimate of drug-likeness (QED) is 0.705. The molecule has 0 aromatic heterocycles. The number of rotatable bonds is 4. The molecule has 2 amide bonds. The van der Waals surface area contributed by atoms with E-state index in [-0.39, 0.29) is 35.7 Å². The van der Waals surface area contributed by atoms with Gasteiger partial charge in [-0.3, -0.25) is 14.5 Å². The smallest absolute Gasteiger partial charge is 0.231 e. The topological polar surface area (TPSA) is 97.0 Å². The van der Waals surface area contributed by atoms with Crippen molar-refractivity contribution >= 4 is 29.4 Å². The van der Waals surface area contributed by atoms with Crippen molar-refractivity contribution in [2.75, 3.05) is 6.54 Å². The Balaban J connectivity index is 0.00000141. The molecule has 4 rings (SSSR count). The van der Waals surface area contributed by atoms with E-state index in [9.17, 15) is 9.59 Å². The Bertz CT molecular complexity index is 928. The van der Waals surface area contributed by atoms with Crippen molar-refractivity contribution < 1.29 is 14.3 Å². The van der Waals surface area contributed by atoms with E-state index < -0.39 is 11.1 Å². The molecule has 0 saturated heterocycles. The first-order valence-electron chi connectivity index (χ1n) is 11.4. The van der Waals surface area contributed by atoms with E-state index in [2.05, 4.69) is 10.3 Å². The van der Waals surface area contributed by atoms with Gasteiger partial charge in [0.2, 0.25) is 11.8 Å². The van der Waals surface area contributed by atoms with Crippen molar-refractivity contribution in [1.82, 2.24) is 10.2 Å². The van der Waals surface area contributed by atoms with Crippen LogP contribution in [-0.2, 0) is 9.59 Å². The second-order valence-electron chi connectivity index (χ2n) is 9.88. The molecule has 1 aromatic rings. The van der Waals surface area contributed by atoms with Gasteiger partial charge < -0.3 is 15.8 Å². The average Bonchev–Trinajstić information content (AvgIpc) is 3.44. The Morgan fingerprint density at radius 2 is 2.00 bits per heavy atom. The van der Waals surface area contributed by atoms with Gasteiger partial charge in [-0.15, -0.1) is 0 Å². The predicted octanol–water partition coefficient (Wildman–Crippen LogP) is 4.05. The summed E-state index contributed by atoms with van der Waals surface area (Å²) in [5, 5.41) is 3.79. The van der Waals surface area contributed by atoms with Crippen molar-refractivity contribution in [2.24, 2.45) is 22.6 Å². The molecule has 32 heavy (non-hydrogen) atoms. The molecule has 8 heteroatoms. The third kappa shape index (κ3) is 5.37. The minimum Gasteiger partial charge on any atom is -0.487 e. The molecule has 1 fully saturated rings. The monoisotopic (exact) mass is 462 g/mol. The predicted molar refractivity (Wildman–Crippen MR) is 127 cm³/mol. The summed E-state index contributed by atoms with van der Waals surface area (Å²) in [7, 11) is 0. The van der Waals surface area contributed by atoms with Gasteiger partial charge in [-0.2, -0.15) is 0 Å². The normalized spacial score (nSPS) is 27.2. The van der Waals surface area contributed by atoms with E-state index in [0.29, 0.717) is 30.2 Å². The number of fused-ring (bicyclic) bond motifs is 1. The number of ether oxygens (including phenoxy) is 1. The third-order valence-electron chi connectivity index (χ3n) is 6.00. The lowest BCUT2D eigenvalue weighted by atomic mass is 9.89. The highest BCUT2D eigenvalue weighted by Crippen LogP contribution is 2.43. The van der Waals surface area contributed by atoms with Crippen LogP contribution in [0.1, 0.15) is 72.4 Å². The summed E-state index contributed by atoms with van der Waals surface area (Å²) in [5.41, 5.74) is 6.08. The van der Waals surface area contributed by atoms with Crippen molar-refractivity contribution in [3.8, 4) is 5.75 Å². The number of hydrogen-bond donors (Lipinski definition) is 2. The van der Waals surface area contributed by atoms with E-state index >= 15 is 0 Å². The van der Waals surface area contributed by atoms with E-state index in [1.807, 2.05) is 53.7 Å². The molecule has 1 unspecified atom stereocenters. The Labute approximate surface area is 195 Å². The molecule has 0 radical (unpaired) electrons. The number of nitrogens with one attached hydrogen (secondary N) is 1. The Morgan fingerprint density at radius 3 is 2.66 bits per heavy atom. The molecule has 176 valence electrons. The highest BCUT2D eigenvalue weighted by atomic mass is 35.5. The standard InChI is InChI=1S/C22H29ClN4O3.C2H6/c1-21(2)10-18(28)27(20(24)26-21)11-12-7-15(12)19(29)25-16-9-22(3,4)30-17-8-13(23)5-6-14(16)17;1-2/h5-6,8,12,15-16H,7,9-11H2,1-4H3,(H2,24,26)(H,25,29);1-2H3/t12-,15?,16+;/m1./s1. The van der Waals surface area contributed by atoms with Gasteiger partial charge in [-0.25, -0.2) is 4.99 Å². The molecule has 0 spiro atoms. The summed E-state index contributed by atoms with van der Waals surface area (Å²) in [6.45, 7) is 12.2. The molecule has 3 N–H and O–H groups in total. The van der Waals surface area contributed by atoms with Gasteiger partial charge in [-0.05, 0) is 52.2 Å². The SMILES string of the molecule is CC.CC1(C)CC(=O)N(C[C@H]2CC2C(=O)N[C@H]2CC(C)(C)Oc3cc(Cl)ccc32)C(N)=N1. The van der Waals surface area contributed by atoms with Crippen LogP contribution in [0.5, 0.6) is 5.75 Å². The van der Waals surface area contributed by atoms with Crippen LogP contribution in [0.2, 0.25) is 5.02 Å². The van der Waals surface area contributed by atoms with Crippen molar-refractivity contribution in [3.05, 3.63) is 28.8 Å². The Hall–Kier alpha value is -2.28. The lowest BCUT2D eigenvalue weighted by Crippen LogP contribution is -2.50. The third-order valence-corrected chi connectivity index (χ3v) is 6.24. The lowest BCUT2D eigenvalue weighted by molar-refractivity contribution is -0.130. The number of hydrogen-bond acceptors (Lipinski definition) is 5. The van der Waals surface area contributed by atoms with E-state index in [0.717, 1.165) is 12.0 Å². The van der Waals surface area contributed by atoms with Crippen molar-refractivity contribution in [3.63, 3.8) is 0 Å². The number of nitrogens with two attached hydrogens (primary N) is 1. The van der Waals surface area contributed by atoms with Crippen LogP contribution in [0.15, 0.2) is 23.2 Å². The molecule has 2 heterocycles. The highest BCUT2D eigenvalue weighted by Gasteiger charge is 2.47. The lowest BCUT2D eigenvalue weighted by Gasteiger charge is -2.38. The molecule has 2 aliphatic heterocycles. The van der Waals surface area contributed by atoms with Crippen molar-refractivity contribution in [1.29, 1.82) is 0 Å². The summed E-state index contributed by atoms with van der Waals surface area (Å²) < 4.78 is 6.04. The number of halogens is 1. The van der Waals surface area contributed by atoms with Crippen molar-refractivity contribution in [2.45, 2.75) is 78.0 Å². The number of carbonyl (C=O) groups is 2. The molecule has 3 atom stereocenters. The summed E-state index contributed by atoms with van der Waals surface area (Å²) >= 11 is 6.12. The maximum absolute atomic E-state index is 12.9. The van der Waals surface area contributed by atoms with E-state index in [4.69, 9.17) is 22.1 Å². The van der Waals surface area contributed by atoms with Gasteiger partial charge >= 0.3 is 0 Å². The van der Waals surface area contributed by atoms with Crippen LogP contribution in [-0.4, -0.2) is 40.4 Å². The number of benzene rings is 1. The number of carbonyl (C=O) groups excluding carboxylic acids is 2. The first-order valence-corrected chi connectivity index (χ1v) is 11.8. The Kier molecular flexibility index (Phi) is 6.80. The summed E-state index contributed by atoms with van der Waals surface area (Å²) in [4.78, 5) is 31.3. The van der Waals surface area contributed by atoms with E-state index in [1.54, 1.807) is 6.07 Å². The maximum Gasteiger partial charge on any atom is 0.231 e. The fourth-order valence-electron chi connectivity index (χ4n) is 4.44. The number of nitrogens with zero attached hydrogens (tertiary/aromatic N) is 2. The molecule has 3 aliphatic rings. The molecule has 7 nitrogen and oxygen atoms in total. The molecular formula is C24H35ClN4O3. The molecular weight excluding hydrogens is 428 g/mol. The number of aliphatic imine (C=N–C) groups is 1. The van der Waals surface area contributed by atoms with Gasteiger partial charge in [0.15, 0.2) is 5.96 Å². The van der Waals surface area contributed by atoms with Gasteiger partial charge in [0, 0.05) is 29.5 Å². The zero-order chi connectivity index (χ0) is 23.8. The van der Waals surface area contributed by atoms with Crippen LogP contribution < -0.4 is 15.8 Å². The van der Waals surface area contributed by atoms with Gasteiger partial charge in [0.1, 0.15) is 11.4 Å². The second kappa shape index (κ2) is 8.93. The summed E-state index contributed by atoms with van der Waals surface area (Å²) in [5.74, 6) is 0.907. The van der Waals surface area contributed by atoms with Crippen LogP contribution in [0.4, 0.5) is 0 Å². The minimum atomic E-state index is -0.468. The molecule has 0 bridgehead atoms. The Morgan fingerprint density at radius 1 is 1.31 bits per heavy atom. The van der Waals surface area contributed by atoms with E-state index in [1.165, 1.54) is 4.90 Å². The highest BCUT2D eigenvalue weighted by molar-refractivity contribution is 6.30. The first kappa shape index (κ1) is 24.4. The molecule has 1 aliphatic carbocycles. The van der Waals surface area contributed by atoms with Gasteiger partial charge in [0.25, 0.3) is 0 Å². The molecule has 1 aromatic carbocycles. The zero-order valence-electron chi connectivity index (χ0n) is 19.9. The number of amides is 2. The average molecular weight is 463 g/mol. The summed E-state index contributed by atoms with van der Waals surface area (Å²) in [6, 6.07) is 5.38. The number of guanidine groups is 1. The zero-order valence-corrected chi connectivity index (χ0v) is 20.6. The molecule has 1 saturated carbocycles. The first-order chi connectivity index (χ1) is 14.9. The second-order valence-corrected chi connectivity index (χ2v) is 10.3. The van der Waals surface area contributed by atoms with Gasteiger partial charge in [-0.1, -0.05) is 31.5 Å². The van der Waals surface area contributed by atoms with Crippen LogP contribution in [0, 0.1) is 11.8 Å². The van der Waals surface area contributed by atoms with Crippen LogP contribution in [0.3, 0.4) is 0 Å². The minimum absolute atomic E-state index is 0.00361.